The number of hydrogen-bond acceptors (Lipinski definition) is 7. The monoisotopic (exact) mass is 500 g/mol. The lowest BCUT2D eigenvalue weighted by atomic mass is 10.1. The molecule has 1 aliphatic heterocycles. The van der Waals surface area contributed by atoms with Crippen molar-refractivity contribution in [3.05, 3.63) is 45.4 Å². The number of aliphatic hydroxyl groups excluding tert-OH is 1. The summed E-state index contributed by atoms with van der Waals surface area (Å²) in [6.07, 6.45) is -6.02. The molecular weight excluding hydrogens is 469 g/mol. The zero-order valence-corrected chi connectivity index (χ0v) is 20.4. The van der Waals surface area contributed by atoms with Gasteiger partial charge < -0.3 is 25.0 Å². The molecule has 1 saturated heterocycles. The Morgan fingerprint density at radius 3 is 2.59 bits per heavy atom. The predicted octanol–water partition coefficient (Wildman–Crippen LogP) is 3.86. The molecule has 3 rings (SSSR count). The third-order valence-electron chi connectivity index (χ3n) is 5.82. The van der Waals surface area contributed by atoms with Crippen molar-refractivity contribution >= 4 is 22.9 Å². The topological polar surface area (TPSA) is 77.9 Å². The van der Waals surface area contributed by atoms with Crippen LogP contribution in [0.25, 0.3) is 0 Å². The van der Waals surface area contributed by atoms with E-state index in [2.05, 4.69) is 15.2 Å². The molecule has 0 radical (unpaired) electrons. The van der Waals surface area contributed by atoms with Crippen LogP contribution in [0.4, 0.5) is 18.9 Å². The summed E-state index contributed by atoms with van der Waals surface area (Å²) in [6.45, 7) is 9.69. The molecule has 2 aromatic rings. The van der Waals surface area contributed by atoms with Crippen LogP contribution in [-0.2, 0) is 10.9 Å². The molecule has 2 atom stereocenters. The highest BCUT2D eigenvalue weighted by Gasteiger charge is 2.40. The molecule has 34 heavy (non-hydrogen) atoms. The lowest BCUT2D eigenvalue weighted by molar-refractivity contribution is -0.141. The molecule has 2 heterocycles. The minimum atomic E-state index is -4.81. The number of alkyl halides is 3. The second-order valence-electron chi connectivity index (χ2n) is 8.12. The van der Waals surface area contributed by atoms with Gasteiger partial charge in [-0.3, -0.25) is 4.79 Å². The first-order valence-corrected chi connectivity index (χ1v) is 12.2. The molecule has 0 spiro atoms. The predicted molar refractivity (Wildman–Crippen MR) is 125 cm³/mol. The number of benzene rings is 1. The van der Waals surface area contributed by atoms with Gasteiger partial charge in [0.15, 0.2) is 5.69 Å². The first-order chi connectivity index (χ1) is 16.1. The van der Waals surface area contributed by atoms with E-state index in [9.17, 15) is 23.1 Å². The van der Waals surface area contributed by atoms with Gasteiger partial charge in [0.05, 0.1) is 19.3 Å². The molecule has 1 aromatic heterocycles. The number of anilines is 1. The van der Waals surface area contributed by atoms with E-state index in [-0.39, 0.29) is 11.6 Å². The first kappa shape index (κ1) is 26.4. The van der Waals surface area contributed by atoms with Gasteiger partial charge in [0.1, 0.15) is 16.0 Å². The number of ether oxygens (including phenoxy) is 1. The normalized spacial score (nSPS) is 16.5. The van der Waals surface area contributed by atoms with Crippen molar-refractivity contribution in [1.82, 2.24) is 15.2 Å². The number of halogens is 3. The standard InChI is InChI=1S/C23H31F3N4O3S/c1-4-29(5-2)14-18(31)22-28-20(23(24,25)26)19(34-22)21(32)27-15(3)16-7-6-8-17(13-16)30-9-11-33-12-10-30/h6-8,13,15,18,31H,4-5,9-12,14H2,1-3H3,(H,27,32)/t15-,18?/m0/s1. The van der Waals surface area contributed by atoms with Gasteiger partial charge in [-0.15, -0.1) is 11.3 Å². The number of nitrogens with one attached hydrogen (secondary N) is 1. The van der Waals surface area contributed by atoms with E-state index >= 15 is 0 Å². The van der Waals surface area contributed by atoms with Gasteiger partial charge in [0, 0.05) is 25.3 Å². The summed E-state index contributed by atoms with van der Waals surface area (Å²) in [7, 11) is 0. The van der Waals surface area contributed by atoms with Crippen LogP contribution in [-0.4, -0.2) is 66.8 Å². The lowest BCUT2D eigenvalue weighted by Crippen LogP contribution is -2.36. The molecule has 1 amide bonds. The Balaban J connectivity index is 1.78. The van der Waals surface area contributed by atoms with Crippen molar-refractivity contribution in [1.29, 1.82) is 0 Å². The van der Waals surface area contributed by atoms with Crippen LogP contribution in [0.15, 0.2) is 24.3 Å². The van der Waals surface area contributed by atoms with E-state index < -0.39 is 34.8 Å². The molecule has 1 aromatic carbocycles. The van der Waals surface area contributed by atoms with E-state index in [1.165, 1.54) is 0 Å². The molecule has 1 unspecified atom stereocenters. The van der Waals surface area contributed by atoms with Gasteiger partial charge in [-0.2, -0.15) is 13.2 Å². The third kappa shape index (κ3) is 6.47. The van der Waals surface area contributed by atoms with Gasteiger partial charge >= 0.3 is 6.18 Å². The highest BCUT2D eigenvalue weighted by atomic mass is 32.1. The summed E-state index contributed by atoms with van der Waals surface area (Å²) in [5.74, 6) is -0.865. The number of aromatic nitrogens is 1. The average Bonchev–Trinajstić information content (AvgIpc) is 3.30. The summed E-state index contributed by atoms with van der Waals surface area (Å²) in [5, 5.41) is 13.0. The molecule has 11 heteroatoms. The number of thiazole rings is 1. The largest absolute Gasteiger partial charge is 0.435 e. The van der Waals surface area contributed by atoms with Crippen molar-refractivity contribution in [3.8, 4) is 0 Å². The van der Waals surface area contributed by atoms with Crippen molar-refractivity contribution in [2.24, 2.45) is 0 Å². The second-order valence-corrected chi connectivity index (χ2v) is 9.15. The Morgan fingerprint density at radius 2 is 1.97 bits per heavy atom. The average molecular weight is 501 g/mol. The smallest absolute Gasteiger partial charge is 0.385 e. The van der Waals surface area contributed by atoms with Gasteiger partial charge in [-0.25, -0.2) is 4.98 Å². The van der Waals surface area contributed by atoms with Crippen LogP contribution in [0, 0.1) is 0 Å². The number of hydrogen-bond donors (Lipinski definition) is 2. The maximum absolute atomic E-state index is 13.7. The summed E-state index contributed by atoms with van der Waals surface area (Å²) < 4.78 is 46.3. The van der Waals surface area contributed by atoms with Crippen molar-refractivity contribution in [3.63, 3.8) is 0 Å². The summed E-state index contributed by atoms with van der Waals surface area (Å²) in [4.78, 5) is 20.0. The summed E-state index contributed by atoms with van der Waals surface area (Å²) >= 11 is 0.587. The minimum Gasteiger partial charge on any atom is -0.385 e. The summed E-state index contributed by atoms with van der Waals surface area (Å²) in [6, 6.07) is 7.04. The number of nitrogens with zero attached hydrogens (tertiary/aromatic N) is 3. The lowest BCUT2D eigenvalue weighted by Gasteiger charge is -2.29. The number of likely N-dealkylation sites (N-methyl/N-ethyl adjacent to an activating group) is 1. The fourth-order valence-corrected chi connectivity index (χ4v) is 4.75. The fraction of sp³-hybridized carbons (Fsp3) is 0.565. The number of rotatable bonds is 9. The molecule has 7 nitrogen and oxygen atoms in total. The van der Waals surface area contributed by atoms with Crippen LogP contribution < -0.4 is 10.2 Å². The molecule has 1 fully saturated rings. The maximum atomic E-state index is 13.7. The van der Waals surface area contributed by atoms with E-state index in [4.69, 9.17) is 4.74 Å². The highest BCUT2D eigenvalue weighted by molar-refractivity contribution is 7.13. The first-order valence-electron chi connectivity index (χ1n) is 11.4. The SMILES string of the molecule is CCN(CC)CC(O)c1nc(C(F)(F)F)c(C(=O)N[C@@H](C)c2cccc(N3CCOCC3)c2)s1. The van der Waals surface area contributed by atoms with Gasteiger partial charge in [0.25, 0.3) is 5.91 Å². The Bertz CT molecular complexity index is 959. The highest BCUT2D eigenvalue weighted by Crippen LogP contribution is 2.36. The van der Waals surface area contributed by atoms with Gasteiger partial charge in [-0.05, 0) is 37.7 Å². The molecule has 0 bridgehead atoms. The van der Waals surface area contributed by atoms with Crippen LogP contribution >= 0.6 is 11.3 Å². The van der Waals surface area contributed by atoms with Gasteiger partial charge in [-0.1, -0.05) is 26.0 Å². The number of amides is 1. The molecule has 1 aliphatic rings. The van der Waals surface area contributed by atoms with Gasteiger partial charge in [0.2, 0.25) is 0 Å². The quantitative estimate of drug-likeness (QED) is 0.545. The molecule has 0 saturated carbocycles. The second kappa shape index (κ2) is 11.5. The summed E-state index contributed by atoms with van der Waals surface area (Å²) in [5.41, 5.74) is 0.479. The maximum Gasteiger partial charge on any atom is 0.435 e. The molecule has 2 N–H and O–H groups in total. The van der Waals surface area contributed by atoms with E-state index in [0.29, 0.717) is 37.6 Å². The Labute approximate surface area is 201 Å². The number of carbonyl (C=O) groups is 1. The number of carbonyl (C=O) groups excluding carboxylic acids is 1. The van der Waals surface area contributed by atoms with E-state index in [0.717, 1.165) is 24.3 Å². The van der Waals surface area contributed by atoms with E-state index in [1.54, 1.807) is 6.92 Å². The third-order valence-corrected chi connectivity index (χ3v) is 6.98. The van der Waals surface area contributed by atoms with Crippen molar-refractivity contribution in [2.75, 3.05) is 50.8 Å². The Morgan fingerprint density at radius 1 is 1.29 bits per heavy atom. The zero-order valence-electron chi connectivity index (χ0n) is 19.6. The Hall–Kier alpha value is -2.21. The van der Waals surface area contributed by atoms with E-state index in [1.807, 2.05) is 43.0 Å². The number of morpholine rings is 1. The van der Waals surface area contributed by atoms with Crippen molar-refractivity contribution < 1.29 is 27.8 Å². The molecule has 188 valence electrons. The zero-order chi connectivity index (χ0) is 24.9. The fourth-order valence-electron chi connectivity index (χ4n) is 3.79. The van der Waals surface area contributed by atoms with Crippen molar-refractivity contribution in [2.45, 2.75) is 39.1 Å². The number of aliphatic hydroxyl groups is 1. The van der Waals surface area contributed by atoms with Crippen LogP contribution in [0.3, 0.4) is 0 Å². The van der Waals surface area contributed by atoms with Crippen LogP contribution in [0.5, 0.6) is 0 Å². The minimum absolute atomic E-state index is 0.119. The molecular formula is C23H31F3N4O3S. The Kier molecular flexibility index (Phi) is 8.91. The van der Waals surface area contributed by atoms with Crippen LogP contribution in [0.2, 0.25) is 0 Å². The molecule has 0 aliphatic carbocycles. The van der Waals surface area contributed by atoms with Crippen LogP contribution in [0.1, 0.15) is 58.9 Å².